The van der Waals surface area contributed by atoms with Crippen molar-refractivity contribution >= 4 is 29.9 Å². The highest BCUT2D eigenvalue weighted by molar-refractivity contribution is 14.0. The monoisotopic (exact) mass is 489 g/mol. The molecule has 1 saturated heterocycles. The van der Waals surface area contributed by atoms with E-state index in [-0.39, 0.29) is 29.6 Å². The number of likely N-dealkylation sites (tertiary alicyclic amines) is 1. The fraction of sp³-hybridized carbons (Fsp3) is 0.800. The van der Waals surface area contributed by atoms with Crippen LogP contribution >= 0.6 is 24.0 Å². The molecule has 2 heterocycles. The Hall–Kier alpha value is -0.830. The van der Waals surface area contributed by atoms with Crippen LogP contribution in [0, 0.1) is 0 Å². The normalized spacial score (nSPS) is 20.0. The number of nitrogens with one attached hydrogen (secondary N) is 1. The second-order valence-corrected chi connectivity index (χ2v) is 8.54. The van der Waals surface area contributed by atoms with Gasteiger partial charge in [-0.25, -0.2) is 0 Å². The van der Waals surface area contributed by atoms with Crippen molar-refractivity contribution in [3.05, 3.63) is 18.0 Å². The van der Waals surface area contributed by atoms with Gasteiger partial charge in [-0.15, -0.1) is 24.0 Å². The summed E-state index contributed by atoms with van der Waals surface area (Å²) >= 11 is 0. The first-order valence-corrected chi connectivity index (χ1v) is 10.1. The predicted octanol–water partition coefficient (Wildman–Crippen LogP) is 3.97. The minimum atomic E-state index is -0.0646. The Balaban J connectivity index is 0.00000261. The molecular weight excluding hydrogens is 453 g/mol. The molecule has 1 aromatic rings. The van der Waals surface area contributed by atoms with Crippen LogP contribution in [-0.2, 0) is 11.3 Å². The minimum absolute atomic E-state index is 0. The van der Waals surface area contributed by atoms with E-state index in [0.29, 0.717) is 12.1 Å². The summed E-state index contributed by atoms with van der Waals surface area (Å²) in [6, 6.07) is 2.73. The maximum absolute atomic E-state index is 6.12. The molecule has 2 fully saturated rings. The fourth-order valence-corrected chi connectivity index (χ4v) is 4.03. The van der Waals surface area contributed by atoms with Crippen LogP contribution in [0.5, 0.6) is 0 Å². The van der Waals surface area contributed by atoms with Crippen LogP contribution in [0.15, 0.2) is 17.3 Å². The van der Waals surface area contributed by atoms with Crippen LogP contribution < -0.4 is 5.32 Å². The fourth-order valence-electron chi connectivity index (χ4n) is 4.03. The zero-order valence-corrected chi connectivity index (χ0v) is 19.6. The molecular formula is C20H36IN5O. The summed E-state index contributed by atoms with van der Waals surface area (Å²) in [6.45, 7) is 9.08. The number of hydrogen-bond donors (Lipinski definition) is 1. The Kier molecular flexibility index (Phi) is 8.39. The molecule has 2 aliphatic rings. The minimum Gasteiger partial charge on any atom is -0.372 e. The number of halogens is 1. The van der Waals surface area contributed by atoms with Gasteiger partial charge in [-0.2, -0.15) is 5.10 Å². The number of hydrogen-bond acceptors (Lipinski definition) is 3. The number of aliphatic imine (C=N–C) groups is 1. The number of nitrogens with zero attached hydrogens (tertiary/aromatic N) is 4. The number of piperidine rings is 1. The molecule has 154 valence electrons. The lowest BCUT2D eigenvalue weighted by atomic mass is 10.1. The second kappa shape index (κ2) is 10.1. The molecule has 0 amide bonds. The van der Waals surface area contributed by atoms with Crippen molar-refractivity contribution in [2.45, 2.75) is 83.6 Å². The third kappa shape index (κ3) is 6.62. The van der Waals surface area contributed by atoms with Gasteiger partial charge < -0.3 is 15.0 Å². The van der Waals surface area contributed by atoms with Crippen LogP contribution in [0.3, 0.4) is 0 Å². The van der Waals surface area contributed by atoms with Gasteiger partial charge in [-0.1, -0.05) is 12.8 Å². The summed E-state index contributed by atoms with van der Waals surface area (Å²) in [6.07, 6.45) is 9.78. The lowest BCUT2D eigenvalue weighted by molar-refractivity contribution is -0.0772. The maximum Gasteiger partial charge on any atom is 0.193 e. The molecule has 0 bridgehead atoms. The van der Waals surface area contributed by atoms with E-state index >= 15 is 0 Å². The number of ether oxygens (including phenoxy) is 1. The zero-order valence-electron chi connectivity index (χ0n) is 17.3. The van der Waals surface area contributed by atoms with E-state index < -0.39 is 0 Å². The van der Waals surface area contributed by atoms with Gasteiger partial charge in [-0.3, -0.25) is 9.67 Å². The summed E-state index contributed by atoms with van der Waals surface area (Å²) in [5, 5.41) is 8.24. The lowest BCUT2D eigenvalue weighted by Crippen LogP contribution is -2.47. The van der Waals surface area contributed by atoms with Gasteiger partial charge in [0.25, 0.3) is 0 Å². The average molecular weight is 489 g/mol. The highest BCUT2D eigenvalue weighted by Crippen LogP contribution is 2.28. The van der Waals surface area contributed by atoms with Crippen molar-refractivity contribution in [3.63, 3.8) is 0 Å². The molecule has 3 rings (SSSR count). The first kappa shape index (κ1) is 22.5. The van der Waals surface area contributed by atoms with Crippen molar-refractivity contribution in [1.82, 2.24) is 20.0 Å². The topological polar surface area (TPSA) is 54.7 Å². The molecule has 1 aromatic heterocycles. The Labute approximate surface area is 181 Å². The summed E-state index contributed by atoms with van der Waals surface area (Å²) in [5.41, 5.74) is 1.02. The van der Waals surface area contributed by atoms with Crippen molar-refractivity contribution in [2.24, 2.45) is 4.99 Å². The molecule has 7 heteroatoms. The van der Waals surface area contributed by atoms with Crippen molar-refractivity contribution in [1.29, 1.82) is 0 Å². The molecule has 0 aromatic carbocycles. The molecule has 27 heavy (non-hydrogen) atoms. The molecule has 1 N–H and O–H groups in total. The van der Waals surface area contributed by atoms with Crippen molar-refractivity contribution < 1.29 is 4.74 Å². The zero-order chi connectivity index (χ0) is 18.6. The standard InChI is InChI=1S/C20H35N5O.HI/c1-20(2,3)26-18-10-12-24(13-11-18)19(21-4)22-15-16-9-14-25(23-16)17-7-5-6-8-17;/h9,14,17-18H,5-8,10-13,15H2,1-4H3,(H,21,22);1H. The third-order valence-electron chi connectivity index (χ3n) is 5.26. The molecule has 1 aliphatic carbocycles. The van der Waals surface area contributed by atoms with Gasteiger partial charge in [-0.05, 0) is 52.5 Å². The van der Waals surface area contributed by atoms with E-state index in [1.54, 1.807) is 0 Å². The molecule has 0 atom stereocenters. The Morgan fingerprint density at radius 2 is 1.89 bits per heavy atom. The summed E-state index contributed by atoms with van der Waals surface area (Å²) in [4.78, 5) is 6.80. The lowest BCUT2D eigenvalue weighted by Gasteiger charge is -2.36. The quantitative estimate of drug-likeness (QED) is 0.395. The molecule has 6 nitrogen and oxygen atoms in total. The van der Waals surface area contributed by atoms with Crippen LogP contribution in [0.2, 0.25) is 0 Å². The number of aromatic nitrogens is 2. The highest BCUT2D eigenvalue weighted by Gasteiger charge is 2.25. The summed E-state index contributed by atoms with van der Waals surface area (Å²) in [5.74, 6) is 0.967. The van der Waals surface area contributed by atoms with Crippen LogP contribution in [-0.4, -0.2) is 52.5 Å². The summed E-state index contributed by atoms with van der Waals surface area (Å²) < 4.78 is 8.28. The Morgan fingerprint density at radius 3 is 2.48 bits per heavy atom. The van der Waals surface area contributed by atoms with Gasteiger partial charge >= 0.3 is 0 Å². The van der Waals surface area contributed by atoms with Crippen LogP contribution in [0.4, 0.5) is 0 Å². The van der Waals surface area contributed by atoms with Gasteiger partial charge in [0.1, 0.15) is 0 Å². The van der Waals surface area contributed by atoms with Gasteiger partial charge in [0.2, 0.25) is 0 Å². The first-order valence-electron chi connectivity index (χ1n) is 10.1. The van der Waals surface area contributed by atoms with Crippen LogP contribution in [0.25, 0.3) is 0 Å². The van der Waals surface area contributed by atoms with Gasteiger partial charge in [0.05, 0.1) is 30.0 Å². The van der Waals surface area contributed by atoms with E-state index in [9.17, 15) is 0 Å². The van der Waals surface area contributed by atoms with Crippen LogP contribution in [0.1, 0.15) is 71.0 Å². The van der Waals surface area contributed by atoms with Gasteiger partial charge in [0.15, 0.2) is 5.96 Å². The Morgan fingerprint density at radius 1 is 1.22 bits per heavy atom. The molecule has 1 saturated carbocycles. The van der Waals surface area contributed by atoms with E-state index in [0.717, 1.165) is 44.1 Å². The van der Waals surface area contributed by atoms with Crippen molar-refractivity contribution in [3.8, 4) is 0 Å². The molecule has 0 radical (unpaired) electrons. The largest absolute Gasteiger partial charge is 0.372 e. The Bertz CT molecular complexity index is 596. The number of guanidine groups is 1. The highest BCUT2D eigenvalue weighted by atomic mass is 127. The van der Waals surface area contributed by atoms with E-state index in [2.05, 4.69) is 52.9 Å². The third-order valence-corrected chi connectivity index (χ3v) is 5.26. The first-order chi connectivity index (χ1) is 12.4. The molecule has 0 spiro atoms. The maximum atomic E-state index is 6.12. The SMILES string of the molecule is CN=C(NCc1ccn(C2CCCC2)n1)N1CCC(OC(C)(C)C)CC1.I. The molecule has 1 aliphatic heterocycles. The summed E-state index contributed by atoms with van der Waals surface area (Å²) in [7, 11) is 1.86. The van der Waals surface area contributed by atoms with E-state index in [4.69, 9.17) is 9.84 Å². The predicted molar refractivity (Wildman–Crippen MR) is 121 cm³/mol. The van der Waals surface area contributed by atoms with E-state index in [1.807, 2.05) is 7.05 Å². The average Bonchev–Trinajstić information content (AvgIpc) is 3.26. The van der Waals surface area contributed by atoms with Gasteiger partial charge in [0, 0.05) is 26.3 Å². The van der Waals surface area contributed by atoms with E-state index in [1.165, 1.54) is 25.7 Å². The smallest absolute Gasteiger partial charge is 0.193 e. The second-order valence-electron chi connectivity index (χ2n) is 8.54. The number of rotatable bonds is 4. The molecule has 0 unspecified atom stereocenters. The van der Waals surface area contributed by atoms with Crippen molar-refractivity contribution in [2.75, 3.05) is 20.1 Å².